The summed E-state index contributed by atoms with van der Waals surface area (Å²) in [5.41, 5.74) is 3.22. The average Bonchev–Trinajstić information content (AvgIpc) is 3.00. The molecule has 0 radical (unpaired) electrons. The maximum atomic E-state index is 12.7. The molecule has 1 saturated carbocycles. The first-order valence-electron chi connectivity index (χ1n) is 10.1. The smallest absolute Gasteiger partial charge is 0.274 e. The first-order chi connectivity index (χ1) is 12.6. The minimum absolute atomic E-state index is 0.0495. The zero-order valence-corrected chi connectivity index (χ0v) is 17.4. The number of amides is 1. The van der Waals surface area contributed by atoms with E-state index in [1.54, 1.807) is 4.90 Å². The Kier molecular flexibility index (Phi) is 7.04. The van der Waals surface area contributed by atoms with Gasteiger partial charge in [0.15, 0.2) is 5.69 Å². The van der Waals surface area contributed by atoms with Gasteiger partial charge in [0.2, 0.25) is 0 Å². The summed E-state index contributed by atoms with van der Waals surface area (Å²) in [5.74, 6) is 1.91. The van der Waals surface area contributed by atoms with Crippen molar-refractivity contribution in [2.75, 3.05) is 32.6 Å². The van der Waals surface area contributed by atoms with Gasteiger partial charge in [-0.3, -0.25) is 9.48 Å². The monoisotopic (exact) mass is 378 g/mol. The third-order valence-electron chi connectivity index (χ3n) is 5.85. The standard InChI is InChI=1S/C20H34N4OS/c1-23(2)20(25)19-17-13-16(21-11-12-26-3)9-10-18(17)24(22-19)14-15-7-5-4-6-8-15/h15-16,21H,4-14H2,1-3H3. The molecule has 1 aromatic heterocycles. The van der Waals surface area contributed by atoms with Gasteiger partial charge in [0.1, 0.15) is 0 Å². The van der Waals surface area contributed by atoms with Gasteiger partial charge in [0.05, 0.1) is 0 Å². The van der Waals surface area contributed by atoms with Crippen LogP contribution >= 0.6 is 11.8 Å². The predicted octanol–water partition coefficient (Wildman–Crippen LogP) is 2.98. The molecule has 0 aromatic carbocycles. The van der Waals surface area contributed by atoms with E-state index in [9.17, 15) is 4.79 Å². The van der Waals surface area contributed by atoms with Crippen molar-refractivity contribution in [1.82, 2.24) is 20.0 Å². The molecule has 1 N–H and O–H groups in total. The molecule has 1 atom stereocenters. The highest BCUT2D eigenvalue weighted by atomic mass is 32.2. The van der Waals surface area contributed by atoms with Crippen LogP contribution in [-0.4, -0.2) is 59.3 Å². The van der Waals surface area contributed by atoms with Crippen LogP contribution in [0.2, 0.25) is 0 Å². The van der Waals surface area contributed by atoms with Gasteiger partial charge >= 0.3 is 0 Å². The molecule has 1 amide bonds. The van der Waals surface area contributed by atoms with Crippen molar-refractivity contribution in [3.05, 3.63) is 17.0 Å². The number of nitrogens with one attached hydrogen (secondary N) is 1. The summed E-state index contributed by atoms with van der Waals surface area (Å²) in [4.78, 5) is 14.4. The lowest BCUT2D eigenvalue weighted by molar-refractivity contribution is 0.0819. The molecule has 2 aliphatic rings. The molecular formula is C20H34N4OS. The first kappa shape index (κ1) is 19.7. The van der Waals surface area contributed by atoms with E-state index in [-0.39, 0.29) is 5.91 Å². The number of nitrogens with zero attached hydrogens (tertiary/aromatic N) is 3. The van der Waals surface area contributed by atoms with Gasteiger partial charge in [-0.05, 0) is 44.3 Å². The highest BCUT2D eigenvalue weighted by Crippen LogP contribution is 2.29. The molecule has 1 aromatic rings. The zero-order valence-electron chi connectivity index (χ0n) is 16.6. The number of fused-ring (bicyclic) bond motifs is 1. The van der Waals surface area contributed by atoms with Gasteiger partial charge in [0.25, 0.3) is 5.91 Å². The first-order valence-corrected chi connectivity index (χ1v) is 11.5. The van der Waals surface area contributed by atoms with Crippen molar-refractivity contribution < 1.29 is 4.79 Å². The highest BCUT2D eigenvalue weighted by Gasteiger charge is 2.30. The maximum Gasteiger partial charge on any atom is 0.274 e. The SMILES string of the molecule is CSCCNC1CCc2c(c(C(=O)N(C)C)nn2CC2CCCCC2)C1. The Morgan fingerprint density at radius 3 is 2.73 bits per heavy atom. The molecule has 1 fully saturated rings. The van der Waals surface area contributed by atoms with Crippen LogP contribution in [0.25, 0.3) is 0 Å². The molecular weight excluding hydrogens is 344 g/mol. The third-order valence-corrected chi connectivity index (χ3v) is 6.46. The van der Waals surface area contributed by atoms with Gasteiger partial charge in [-0.2, -0.15) is 16.9 Å². The van der Waals surface area contributed by atoms with Gasteiger partial charge in [-0.25, -0.2) is 0 Å². The van der Waals surface area contributed by atoms with E-state index in [2.05, 4.69) is 16.3 Å². The fourth-order valence-corrected chi connectivity index (χ4v) is 4.70. The number of rotatable bonds is 7. The number of hydrogen-bond acceptors (Lipinski definition) is 4. The van der Waals surface area contributed by atoms with Crippen LogP contribution in [0.15, 0.2) is 0 Å². The van der Waals surface area contributed by atoms with Crippen molar-refractivity contribution in [1.29, 1.82) is 0 Å². The highest BCUT2D eigenvalue weighted by molar-refractivity contribution is 7.98. The van der Waals surface area contributed by atoms with E-state index < -0.39 is 0 Å². The fourth-order valence-electron chi connectivity index (χ4n) is 4.38. The van der Waals surface area contributed by atoms with Crippen molar-refractivity contribution in [3.63, 3.8) is 0 Å². The zero-order chi connectivity index (χ0) is 18.5. The van der Waals surface area contributed by atoms with Crippen LogP contribution in [0.1, 0.15) is 60.3 Å². The van der Waals surface area contributed by atoms with Crippen molar-refractivity contribution in [2.24, 2.45) is 5.92 Å². The van der Waals surface area contributed by atoms with E-state index in [1.165, 1.54) is 43.4 Å². The van der Waals surface area contributed by atoms with E-state index in [0.717, 1.165) is 44.0 Å². The number of carbonyl (C=O) groups is 1. The van der Waals surface area contributed by atoms with E-state index in [1.807, 2.05) is 25.9 Å². The Labute approximate surface area is 162 Å². The Balaban J connectivity index is 1.79. The van der Waals surface area contributed by atoms with E-state index in [4.69, 9.17) is 5.10 Å². The fraction of sp³-hybridized carbons (Fsp3) is 0.800. The Bertz CT molecular complexity index is 607. The van der Waals surface area contributed by atoms with E-state index >= 15 is 0 Å². The summed E-state index contributed by atoms with van der Waals surface area (Å²) < 4.78 is 2.19. The van der Waals surface area contributed by atoms with Crippen LogP contribution in [0.3, 0.4) is 0 Å². The topological polar surface area (TPSA) is 50.2 Å². The summed E-state index contributed by atoms with van der Waals surface area (Å²) in [6, 6.07) is 0.468. The van der Waals surface area contributed by atoms with Gasteiger partial charge in [-0.1, -0.05) is 19.3 Å². The minimum atomic E-state index is 0.0495. The predicted molar refractivity (Wildman–Crippen MR) is 109 cm³/mol. The van der Waals surface area contributed by atoms with Gasteiger partial charge < -0.3 is 10.2 Å². The Morgan fingerprint density at radius 2 is 2.04 bits per heavy atom. The average molecular weight is 379 g/mol. The van der Waals surface area contributed by atoms with Gasteiger partial charge in [-0.15, -0.1) is 0 Å². The molecule has 26 heavy (non-hydrogen) atoms. The molecule has 146 valence electrons. The minimum Gasteiger partial charge on any atom is -0.343 e. The molecule has 5 nitrogen and oxygen atoms in total. The molecule has 0 bridgehead atoms. The summed E-state index contributed by atoms with van der Waals surface area (Å²) in [5, 5.41) is 8.50. The molecule has 3 rings (SSSR count). The molecule has 0 spiro atoms. The molecule has 0 saturated heterocycles. The van der Waals surface area contributed by atoms with Crippen LogP contribution in [-0.2, 0) is 19.4 Å². The number of aromatic nitrogens is 2. The second-order valence-corrected chi connectivity index (χ2v) is 9.03. The largest absolute Gasteiger partial charge is 0.343 e. The van der Waals surface area contributed by atoms with E-state index in [0.29, 0.717) is 11.7 Å². The molecule has 2 aliphatic carbocycles. The number of hydrogen-bond donors (Lipinski definition) is 1. The summed E-state index contributed by atoms with van der Waals surface area (Å²) >= 11 is 1.87. The lowest BCUT2D eigenvalue weighted by Crippen LogP contribution is -2.37. The second-order valence-electron chi connectivity index (χ2n) is 8.05. The lowest BCUT2D eigenvalue weighted by Gasteiger charge is -2.26. The van der Waals surface area contributed by atoms with Crippen LogP contribution in [0, 0.1) is 5.92 Å². The van der Waals surface area contributed by atoms with Crippen LogP contribution in [0.4, 0.5) is 0 Å². The van der Waals surface area contributed by atoms with Crippen molar-refractivity contribution in [2.45, 2.75) is 64.0 Å². The molecule has 0 aliphatic heterocycles. The number of thioether (sulfide) groups is 1. The quantitative estimate of drug-likeness (QED) is 0.741. The Morgan fingerprint density at radius 1 is 1.27 bits per heavy atom. The van der Waals surface area contributed by atoms with Crippen LogP contribution in [0.5, 0.6) is 0 Å². The molecule has 6 heteroatoms. The van der Waals surface area contributed by atoms with Crippen molar-refractivity contribution in [3.8, 4) is 0 Å². The van der Waals surface area contributed by atoms with Crippen LogP contribution < -0.4 is 5.32 Å². The second kappa shape index (κ2) is 9.27. The van der Waals surface area contributed by atoms with Crippen molar-refractivity contribution >= 4 is 17.7 Å². The summed E-state index contributed by atoms with van der Waals surface area (Å²) in [7, 11) is 3.65. The summed E-state index contributed by atoms with van der Waals surface area (Å²) in [6.07, 6.45) is 11.9. The lowest BCUT2D eigenvalue weighted by atomic mass is 9.88. The normalized spacial score (nSPS) is 20.8. The third kappa shape index (κ3) is 4.63. The van der Waals surface area contributed by atoms with Gasteiger partial charge in [0, 0.05) is 50.2 Å². The molecule has 1 unspecified atom stereocenters. The Hall–Kier alpha value is -1.01. The molecule has 1 heterocycles. The summed E-state index contributed by atoms with van der Waals surface area (Å²) in [6.45, 7) is 2.03. The number of carbonyl (C=O) groups excluding carboxylic acids is 1. The maximum absolute atomic E-state index is 12.7.